The lowest BCUT2D eigenvalue weighted by Crippen LogP contribution is -2.42. The smallest absolute Gasteiger partial charge is 0.321 e. The van der Waals surface area contributed by atoms with E-state index in [0.29, 0.717) is 23.9 Å². The Morgan fingerprint density at radius 3 is 2.48 bits per heavy atom. The second kappa shape index (κ2) is 11.3. The number of imide groups is 1. The minimum Gasteiger partial charge on any atom is -0.497 e. The van der Waals surface area contributed by atoms with Crippen LogP contribution in [0.2, 0.25) is 0 Å². The van der Waals surface area contributed by atoms with Crippen LogP contribution in [-0.4, -0.2) is 45.6 Å². The van der Waals surface area contributed by atoms with Crippen molar-refractivity contribution in [2.45, 2.75) is 30.9 Å². The Bertz CT molecular complexity index is 1110. The summed E-state index contributed by atoms with van der Waals surface area (Å²) in [6, 6.07) is 12.6. The third kappa shape index (κ3) is 6.22. The van der Waals surface area contributed by atoms with E-state index in [1.807, 2.05) is 0 Å². The van der Waals surface area contributed by atoms with E-state index >= 15 is 0 Å². The number of aromatic nitrogens is 3. The zero-order valence-electron chi connectivity index (χ0n) is 18.4. The normalized spacial score (nSPS) is 11.5. The summed E-state index contributed by atoms with van der Waals surface area (Å²) in [6.07, 6.45) is 0. The number of urea groups is 1. The van der Waals surface area contributed by atoms with Gasteiger partial charge in [0.25, 0.3) is 0 Å². The van der Waals surface area contributed by atoms with Crippen molar-refractivity contribution in [2.75, 3.05) is 13.7 Å². The number of carbonyl (C=O) groups excluding carboxylic acids is 2. The number of nitrogens with one attached hydrogen (secondary N) is 2. The van der Waals surface area contributed by atoms with Crippen LogP contribution in [0, 0.1) is 5.82 Å². The Morgan fingerprint density at radius 1 is 1.12 bits per heavy atom. The van der Waals surface area contributed by atoms with Gasteiger partial charge in [-0.3, -0.25) is 14.7 Å². The van der Waals surface area contributed by atoms with Crippen molar-refractivity contribution in [3.05, 3.63) is 60.2 Å². The van der Waals surface area contributed by atoms with Crippen molar-refractivity contribution < 1.29 is 23.5 Å². The lowest BCUT2D eigenvalue weighted by atomic mass is 10.3. The van der Waals surface area contributed by atoms with Crippen molar-refractivity contribution in [2.24, 2.45) is 0 Å². The van der Waals surface area contributed by atoms with E-state index in [2.05, 4.69) is 20.8 Å². The fourth-order valence-corrected chi connectivity index (χ4v) is 3.67. The molecule has 0 fully saturated rings. The maximum absolute atomic E-state index is 14.6. The monoisotopic (exact) mass is 473 g/mol. The summed E-state index contributed by atoms with van der Waals surface area (Å²) in [4.78, 5) is 24.0. The zero-order valence-corrected chi connectivity index (χ0v) is 19.2. The van der Waals surface area contributed by atoms with Crippen molar-refractivity contribution in [3.8, 4) is 17.2 Å². The number of amides is 3. The van der Waals surface area contributed by atoms with E-state index in [1.165, 1.54) is 10.6 Å². The first-order chi connectivity index (χ1) is 15.9. The van der Waals surface area contributed by atoms with Gasteiger partial charge in [0.15, 0.2) is 11.0 Å². The number of rotatable bonds is 9. The average molecular weight is 474 g/mol. The van der Waals surface area contributed by atoms with Crippen molar-refractivity contribution in [1.82, 2.24) is 25.4 Å². The zero-order chi connectivity index (χ0) is 23.8. The number of nitrogens with zero attached hydrogens (tertiary/aromatic N) is 3. The highest BCUT2D eigenvalue weighted by Crippen LogP contribution is 2.28. The van der Waals surface area contributed by atoms with Crippen LogP contribution in [-0.2, 0) is 11.4 Å². The first kappa shape index (κ1) is 24.1. The maximum atomic E-state index is 14.6. The molecule has 174 valence electrons. The quantitative estimate of drug-likeness (QED) is 0.459. The van der Waals surface area contributed by atoms with Gasteiger partial charge in [0, 0.05) is 6.54 Å². The molecule has 0 bridgehead atoms. The average Bonchev–Trinajstić information content (AvgIpc) is 3.20. The predicted octanol–water partition coefficient (Wildman–Crippen LogP) is 3.32. The molecule has 0 aliphatic rings. The third-order valence-corrected chi connectivity index (χ3v) is 5.49. The summed E-state index contributed by atoms with van der Waals surface area (Å²) < 4.78 is 27.1. The minimum atomic E-state index is -0.697. The van der Waals surface area contributed by atoms with Crippen LogP contribution in [0.3, 0.4) is 0 Å². The van der Waals surface area contributed by atoms with Gasteiger partial charge >= 0.3 is 6.03 Å². The molecule has 0 aliphatic carbocycles. The first-order valence-electron chi connectivity index (χ1n) is 10.1. The molecule has 3 rings (SSSR count). The third-order valence-electron chi connectivity index (χ3n) is 4.45. The van der Waals surface area contributed by atoms with Crippen molar-refractivity contribution >= 4 is 23.7 Å². The summed E-state index contributed by atoms with van der Waals surface area (Å²) >= 11 is 1.05. The molecule has 11 heteroatoms. The molecule has 3 aromatic rings. The molecule has 3 amide bonds. The number of ether oxygens (including phenoxy) is 2. The van der Waals surface area contributed by atoms with Crippen LogP contribution in [0.15, 0.2) is 53.7 Å². The number of hydrogen-bond donors (Lipinski definition) is 2. The van der Waals surface area contributed by atoms with Gasteiger partial charge in [-0.25, -0.2) is 9.18 Å². The van der Waals surface area contributed by atoms with Crippen LogP contribution in [0.4, 0.5) is 9.18 Å². The predicted molar refractivity (Wildman–Crippen MR) is 121 cm³/mol. The van der Waals surface area contributed by atoms with E-state index in [4.69, 9.17) is 9.47 Å². The van der Waals surface area contributed by atoms with E-state index in [9.17, 15) is 14.0 Å². The van der Waals surface area contributed by atoms with Crippen LogP contribution in [0.1, 0.15) is 19.7 Å². The molecule has 9 nitrogen and oxygen atoms in total. The molecule has 0 aliphatic heterocycles. The summed E-state index contributed by atoms with van der Waals surface area (Å²) in [5, 5.41) is 12.6. The maximum Gasteiger partial charge on any atom is 0.321 e. The van der Waals surface area contributed by atoms with Gasteiger partial charge in [0.2, 0.25) is 5.91 Å². The molecule has 1 aromatic heterocycles. The van der Waals surface area contributed by atoms with Crippen LogP contribution < -0.4 is 20.1 Å². The van der Waals surface area contributed by atoms with Crippen molar-refractivity contribution in [3.63, 3.8) is 0 Å². The number of methoxy groups -OCH3 is 1. The highest BCUT2D eigenvalue weighted by atomic mass is 32.2. The number of benzene rings is 2. The van der Waals surface area contributed by atoms with Gasteiger partial charge in [-0.1, -0.05) is 23.9 Å². The second-order valence-corrected chi connectivity index (χ2v) is 8.07. The standard InChI is InChI=1S/C22H24FN5O4S/c1-4-24-21(30)25-20(29)14(2)33-22-27-26-19(28(22)18-8-6-5-7-17(18)23)13-32-16-11-9-15(31-3)10-12-16/h5-12,14H,4,13H2,1-3H3,(H2,24,25,29,30). The van der Waals surface area contributed by atoms with Gasteiger partial charge < -0.3 is 14.8 Å². The molecule has 1 heterocycles. The fourth-order valence-electron chi connectivity index (χ4n) is 2.79. The van der Waals surface area contributed by atoms with E-state index in [0.717, 1.165) is 11.8 Å². The Kier molecular flexibility index (Phi) is 8.25. The van der Waals surface area contributed by atoms with Gasteiger partial charge in [-0.2, -0.15) is 0 Å². The number of hydrogen-bond acceptors (Lipinski definition) is 7. The molecule has 2 aromatic carbocycles. The molecule has 1 unspecified atom stereocenters. The van der Waals surface area contributed by atoms with E-state index in [1.54, 1.807) is 63.4 Å². The Hall–Kier alpha value is -3.60. The molecule has 0 saturated carbocycles. The molecular formula is C22H24FN5O4S. The van der Waals surface area contributed by atoms with Gasteiger partial charge in [-0.15, -0.1) is 10.2 Å². The minimum absolute atomic E-state index is 0.00765. The first-order valence-corrected chi connectivity index (χ1v) is 11.0. The lowest BCUT2D eigenvalue weighted by Gasteiger charge is -2.14. The molecule has 0 radical (unpaired) electrons. The number of para-hydroxylation sites is 1. The number of halogens is 1. The van der Waals surface area contributed by atoms with Crippen LogP contribution in [0.25, 0.3) is 5.69 Å². The van der Waals surface area contributed by atoms with E-state index < -0.39 is 23.0 Å². The Morgan fingerprint density at radius 2 is 1.82 bits per heavy atom. The molecule has 2 N–H and O–H groups in total. The largest absolute Gasteiger partial charge is 0.497 e. The number of thioether (sulfide) groups is 1. The summed E-state index contributed by atoms with van der Waals surface area (Å²) in [7, 11) is 1.57. The SMILES string of the molecule is CCNC(=O)NC(=O)C(C)Sc1nnc(COc2ccc(OC)cc2)n1-c1ccccc1F. The van der Waals surface area contributed by atoms with Gasteiger partial charge in [0.05, 0.1) is 18.0 Å². The van der Waals surface area contributed by atoms with Crippen LogP contribution in [0.5, 0.6) is 11.5 Å². The van der Waals surface area contributed by atoms with Gasteiger partial charge in [0.1, 0.15) is 23.9 Å². The Balaban J connectivity index is 1.83. The number of carbonyl (C=O) groups is 2. The Labute approximate surface area is 194 Å². The molecule has 0 saturated heterocycles. The summed E-state index contributed by atoms with van der Waals surface area (Å²) in [5.41, 5.74) is 0.217. The topological polar surface area (TPSA) is 107 Å². The highest BCUT2D eigenvalue weighted by Gasteiger charge is 2.23. The second-order valence-electron chi connectivity index (χ2n) is 6.76. The van der Waals surface area contributed by atoms with Crippen LogP contribution >= 0.6 is 11.8 Å². The highest BCUT2D eigenvalue weighted by molar-refractivity contribution is 8.00. The molecule has 0 spiro atoms. The van der Waals surface area contributed by atoms with Crippen molar-refractivity contribution in [1.29, 1.82) is 0 Å². The molecule has 1 atom stereocenters. The lowest BCUT2D eigenvalue weighted by molar-refractivity contribution is -0.119. The summed E-state index contributed by atoms with van der Waals surface area (Å²) in [5.74, 6) is 0.613. The van der Waals surface area contributed by atoms with Gasteiger partial charge in [-0.05, 0) is 50.2 Å². The molecule has 33 heavy (non-hydrogen) atoms. The summed E-state index contributed by atoms with van der Waals surface area (Å²) in [6.45, 7) is 3.76. The fraction of sp³-hybridized carbons (Fsp3) is 0.273. The van der Waals surface area contributed by atoms with E-state index in [-0.39, 0.29) is 17.5 Å². The molecular weight excluding hydrogens is 449 g/mol.